The standard InChI is InChI=1S/C21H20N4O4/c1-25(14-22-24-21(25)27)20(26)17-9-5-6-10-18(17)28-12-11-16-13-29-19(23-16)15-7-3-2-4-8-15/h2-10,13-14,20,26H,11-12H2,1H3/p+1. The number of carbonyl (C=O) groups is 1. The summed E-state index contributed by atoms with van der Waals surface area (Å²) >= 11 is 0. The van der Waals surface area contributed by atoms with Crippen LogP contribution in [0.25, 0.3) is 11.5 Å². The van der Waals surface area contributed by atoms with Gasteiger partial charge in [0, 0.05) is 12.0 Å². The third-order valence-corrected chi connectivity index (χ3v) is 4.79. The molecule has 2 aromatic carbocycles. The van der Waals surface area contributed by atoms with Crippen molar-refractivity contribution in [3.8, 4) is 17.2 Å². The molecule has 0 spiro atoms. The highest BCUT2D eigenvalue weighted by Crippen LogP contribution is 2.32. The molecule has 29 heavy (non-hydrogen) atoms. The summed E-state index contributed by atoms with van der Waals surface area (Å²) < 4.78 is 11.0. The minimum absolute atomic E-state index is 0.342. The third-order valence-electron chi connectivity index (χ3n) is 4.79. The zero-order valence-corrected chi connectivity index (χ0v) is 15.9. The first kappa shape index (κ1) is 18.9. The van der Waals surface area contributed by atoms with Crippen LogP contribution in [-0.2, 0) is 6.42 Å². The molecule has 0 radical (unpaired) electrons. The normalized spacial score (nSPS) is 19.2. The van der Waals surface area contributed by atoms with E-state index in [4.69, 9.17) is 9.15 Å². The predicted octanol–water partition coefficient (Wildman–Crippen LogP) is 3.07. The summed E-state index contributed by atoms with van der Waals surface area (Å²) in [5.74, 6) is 1.06. The molecule has 1 aliphatic rings. The molecule has 4 rings (SSSR count). The maximum Gasteiger partial charge on any atom is 0.445 e. The van der Waals surface area contributed by atoms with Crippen molar-refractivity contribution in [1.29, 1.82) is 0 Å². The van der Waals surface area contributed by atoms with E-state index in [0.29, 0.717) is 30.2 Å². The minimum atomic E-state index is -1.14. The van der Waals surface area contributed by atoms with Gasteiger partial charge in [-0.05, 0) is 24.3 Å². The van der Waals surface area contributed by atoms with Crippen molar-refractivity contribution in [2.75, 3.05) is 13.7 Å². The van der Waals surface area contributed by atoms with Gasteiger partial charge in [-0.3, -0.25) is 0 Å². The lowest BCUT2D eigenvalue weighted by atomic mass is 10.1. The van der Waals surface area contributed by atoms with Gasteiger partial charge in [0.15, 0.2) is 0 Å². The van der Waals surface area contributed by atoms with E-state index >= 15 is 0 Å². The molecule has 8 nitrogen and oxygen atoms in total. The van der Waals surface area contributed by atoms with Crippen LogP contribution in [0.2, 0.25) is 0 Å². The summed E-state index contributed by atoms with van der Waals surface area (Å²) in [6.45, 7) is 0.342. The summed E-state index contributed by atoms with van der Waals surface area (Å²) in [4.78, 5) is 16.5. The summed E-state index contributed by atoms with van der Waals surface area (Å²) in [5.41, 5.74) is 4.53. The maximum atomic E-state index is 12.1. The number of benzene rings is 2. The van der Waals surface area contributed by atoms with E-state index in [1.807, 2.05) is 36.4 Å². The first-order valence-electron chi connectivity index (χ1n) is 9.18. The van der Waals surface area contributed by atoms with Gasteiger partial charge in [0.05, 0.1) is 24.9 Å². The highest BCUT2D eigenvalue weighted by molar-refractivity contribution is 5.79. The van der Waals surface area contributed by atoms with E-state index in [1.165, 1.54) is 6.34 Å². The van der Waals surface area contributed by atoms with Crippen molar-refractivity contribution < 1.29 is 23.5 Å². The zero-order valence-electron chi connectivity index (χ0n) is 15.9. The average Bonchev–Trinajstić information content (AvgIpc) is 3.36. The van der Waals surface area contributed by atoms with Gasteiger partial charge in [-0.15, -0.1) is 5.10 Å². The quantitative estimate of drug-likeness (QED) is 0.602. The van der Waals surface area contributed by atoms with Crippen LogP contribution < -0.4 is 10.2 Å². The van der Waals surface area contributed by atoms with Crippen molar-refractivity contribution >= 4 is 12.4 Å². The molecule has 2 heterocycles. The van der Waals surface area contributed by atoms with Gasteiger partial charge < -0.3 is 14.3 Å². The van der Waals surface area contributed by atoms with Crippen LogP contribution in [-0.4, -0.2) is 40.6 Å². The van der Waals surface area contributed by atoms with E-state index in [2.05, 4.69) is 15.5 Å². The molecular weight excluding hydrogens is 372 g/mol. The van der Waals surface area contributed by atoms with Crippen molar-refractivity contribution in [1.82, 2.24) is 10.4 Å². The zero-order chi connectivity index (χ0) is 20.3. The summed E-state index contributed by atoms with van der Waals surface area (Å²) in [6.07, 6.45) is 2.37. The van der Waals surface area contributed by atoms with E-state index < -0.39 is 16.7 Å². The van der Waals surface area contributed by atoms with Gasteiger partial charge in [0.1, 0.15) is 12.0 Å². The fraction of sp³-hybridized carbons (Fsp3) is 0.190. The van der Waals surface area contributed by atoms with Gasteiger partial charge >= 0.3 is 6.03 Å². The largest absolute Gasteiger partial charge is 0.493 e. The Bertz CT molecular complexity index is 1030. The molecule has 0 fully saturated rings. The molecule has 0 saturated heterocycles. The van der Waals surface area contributed by atoms with Gasteiger partial charge in [-0.2, -0.15) is 9.91 Å². The molecule has 2 atom stereocenters. The van der Waals surface area contributed by atoms with Gasteiger partial charge in [0.25, 0.3) is 0 Å². The number of hydrogen-bond donors (Lipinski definition) is 2. The lowest BCUT2D eigenvalue weighted by Crippen LogP contribution is -2.50. The number of hydrazone groups is 1. The topological polar surface area (TPSA) is 96.9 Å². The minimum Gasteiger partial charge on any atom is -0.493 e. The predicted molar refractivity (Wildman–Crippen MR) is 106 cm³/mol. The second kappa shape index (κ2) is 7.86. The number of quaternary nitrogens is 1. The number of nitrogens with one attached hydrogen (secondary N) is 1. The molecular formula is C21H21N4O4+. The Hall–Kier alpha value is -3.49. The number of carbonyl (C=O) groups excluding carboxylic acids is 1. The first-order valence-corrected chi connectivity index (χ1v) is 9.18. The summed E-state index contributed by atoms with van der Waals surface area (Å²) in [7, 11) is 1.58. The summed E-state index contributed by atoms with van der Waals surface area (Å²) in [6, 6.07) is 16.3. The highest BCUT2D eigenvalue weighted by Gasteiger charge is 2.44. The number of rotatable bonds is 7. The number of amides is 2. The lowest BCUT2D eigenvalue weighted by molar-refractivity contribution is -0.792. The van der Waals surface area contributed by atoms with Gasteiger partial charge in [-0.25, -0.2) is 9.78 Å². The smallest absolute Gasteiger partial charge is 0.445 e. The number of oxazole rings is 1. The second-order valence-electron chi connectivity index (χ2n) is 6.83. The third kappa shape index (κ3) is 3.75. The van der Waals surface area contributed by atoms with E-state index in [1.54, 1.807) is 31.5 Å². The maximum absolute atomic E-state index is 12.1. The Balaban J connectivity index is 1.43. The fourth-order valence-corrected chi connectivity index (χ4v) is 3.05. The number of para-hydroxylation sites is 1. The fourth-order valence-electron chi connectivity index (χ4n) is 3.05. The number of ether oxygens (including phenoxy) is 1. The van der Waals surface area contributed by atoms with Crippen molar-refractivity contribution in [2.24, 2.45) is 5.10 Å². The molecule has 8 heteroatoms. The monoisotopic (exact) mass is 393 g/mol. The van der Waals surface area contributed by atoms with Gasteiger partial charge in [0.2, 0.25) is 18.5 Å². The number of aromatic nitrogens is 1. The van der Waals surface area contributed by atoms with Crippen LogP contribution in [0.3, 0.4) is 0 Å². The van der Waals surface area contributed by atoms with Crippen molar-refractivity contribution in [3.63, 3.8) is 0 Å². The van der Waals surface area contributed by atoms with Crippen molar-refractivity contribution in [2.45, 2.75) is 12.6 Å². The average molecular weight is 393 g/mol. The molecule has 0 bridgehead atoms. The molecule has 0 saturated carbocycles. The van der Waals surface area contributed by atoms with E-state index in [0.717, 1.165) is 11.3 Å². The molecule has 2 N–H and O–H groups in total. The van der Waals surface area contributed by atoms with Crippen LogP contribution in [0.15, 0.2) is 70.4 Å². The molecule has 0 aliphatic carbocycles. The Morgan fingerprint density at radius 3 is 2.69 bits per heavy atom. The van der Waals surface area contributed by atoms with Crippen LogP contribution >= 0.6 is 0 Å². The van der Waals surface area contributed by atoms with Crippen molar-refractivity contribution in [3.05, 3.63) is 72.1 Å². The van der Waals surface area contributed by atoms with Gasteiger partial charge in [-0.1, -0.05) is 30.3 Å². The SMILES string of the molecule is C[N+]1(C(O)c2ccccc2OCCc2coc(-c3ccccc3)n2)C=NNC1=O. The number of aliphatic hydroxyl groups is 1. The van der Waals surface area contributed by atoms with Crippen LogP contribution in [0.1, 0.15) is 17.5 Å². The number of aliphatic hydroxyl groups excluding tert-OH is 1. The molecule has 1 aliphatic heterocycles. The molecule has 1 aromatic heterocycles. The Kier molecular flexibility index (Phi) is 5.11. The van der Waals surface area contributed by atoms with Crippen LogP contribution in [0.5, 0.6) is 5.75 Å². The molecule has 2 unspecified atom stereocenters. The van der Waals surface area contributed by atoms with E-state index in [9.17, 15) is 9.90 Å². The summed E-state index contributed by atoms with van der Waals surface area (Å²) in [5, 5.41) is 14.5. The number of urea groups is 1. The van der Waals surface area contributed by atoms with Crippen LogP contribution in [0, 0.1) is 0 Å². The molecule has 148 valence electrons. The second-order valence-corrected chi connectivity index (χ2v) is 6.83. The molecule has 3 aromatic rings. The first-order chi connectivity index (χ1) is 14.1. The Morgan fingerprint density at radius 1 is 1.17 bits per heavy atom. The van der Waals surface area contributed by atoms with Crippen LogP contribution in [0.4, 0.5) is 4.79 Å². The molecule has 2 amide bonds. The van der Waals surface area contributed by atoms with E-state index in [-0.39, 0.29) is 0 Å². The number of hydrogen-bond acceptors (Lipinski definition) is 6. The Labute approximate surface area is 167 Å². The lowest BCUT2D eigenvalue weighted by Gasteiger charge is -2.27. The highest BCUT2D eigenvalue weighted by atomic mass is 16.5. The number of nitrogens with zero attached hydrogens (tertiary/aromatic N) is 3. The Morgan fingerprint density at radius 2 is 1.93 bits per heavy atom.